The van der Waals surface area contributed by atoms with Gasteiger partial charge in [0.05, 0.1) is 5.56 Å². The highest BCUT2D eigenvalue weighted by Gasteiger charge is 2.07. The molecule has 2 rings (SSSR count). The molecule has 0 aliphatic rings. The Morgan fingerprint density at radius 3 is 2.95 bits per heavy atom. The second-order valence-corrected chi connectivity index (χ2v) is 4.67. The molecule has 0 saturated carbocycles. The fraction of sp³-hybridized carbons (Fsp3) is 0.231. The van der Waals surface area contributed by atoms with Crippen LogP contribution in [0.5, 0.6) is 5.75 Å². The van der Waals surface area contributed by atoms with E-state index in [1.165, 1.54) is 0 Å². The van der Waals surface area contributed by atoms with E-state index in [0.29, 0.717) is 29.4 Å². The van der Waals surface area contributed by atoms with Gasteiger partial charge >= 0.3 is 0 Å². The molecule has 19 heavy (non-hydrogen) atoms. The Morgan fingerprint density at radius 2 is 2.21 bits per heavy atom. The molecule has 0 spiro atoms. The van der Waals surface area contributed by atoms with Crippen LogP contribution >= 0.6 is 15.9 Å². The fourth-order valence-electron chi connectivity index (χ4n) is 1.50. The molecule has 98 valence electrons. The van der Waals surface area contributed by atoms with Gasteiger partial charge < -0.3 is 14.0 Å². The van der Waals surface area contributed by atoms with Crippen LogP contribution in [0, 0.1) is 11.3 Å². The van der Waals surface area contributed by atoms with E-state index in [4.69, 9.17) is 19.3 Å². The Hall–Kier alpha value is -1.84. The van der Waals surface area contributed by atoms with Gasteiger partial charge in [0, 0.05) is 17.6 Å². The lowest BCUT2D eigenvalue weighted by Gasteiger charge is -2.05. The molecule has 0 saturated heterocycles. The molecule has 6 heteroatoms. The number of rotatable bonds is 5. The number of nitrogens with zero attached hydrogens (tertiary/aromatic N) is 2. The van der Waals surface area contributed by atoms with Crippen LogP contribution in [0.3, 0.4) is 0 Å². The third kappa shape index (κ3) is 3.56. The van der Waals surface area contributed by atoms with Crippen LogP contribution < -0.4 is 4.74 Å². The van der Waals surface area contributed by atoms with E-state index in [9.17, 15) is 0 Å². The van der Waals surface area contributed by atoms with Gasteiger partial charge in [-0.1, -0.05) is 21.1 Å². The van der Waals surface area contributed by atoms with E-state index in [1.807, 2.05) is 6.07 Å². The summed E-state index contributed by atoms with van der Waals surface area (Å²) < 4.78 is 16.4. The van der Waals surface area contributed by atoms with Gasteiger partial charge in [-0.3, -0.25) is 0 Å². The van der Waals surface area contributed by atoms with Crippen molar-refractivity contribution in [2.45, 2.75) is 13.2 Å². The van der Waals surface area contributed by atoms with Gasteiger partial charge in [-0.25, -0.2) is 0 Å². The fourth-order valence-corrected chi connectivity index (χ4v) is 1.86. The lowest BCUT2D eigenvalue weighted by atomic mass is 10.2. The quantitative estimate of drug-likeness (QED) is 0.846. The summed E-state index contributed by atoms with van der Waals surface area (Å²) in [7, 11) is 1.58. The largest absolute Gasteiger partial charge is 0.486 e. The Labute approximate surface area is 118 Å². The molecule has 0 fully saturated rings. The van der Waals surface area contributed by atoms with Crippen molar-refractivity contribution in [3.05, 3.63) is 45.8 Å². The Kier molecular flexibility index (Phi) is 4.55. The molecule has 0 bridgehead atoms. The molecule has 5 nitrogen and oxygen atoms in total. The lowest BCUT2D eigenvalue weighted by Crippen LogP contribution is -1.97. The molecule has 1 aromatic carbocycles. The van der Waals surface area contributed by atoms with Crippen molar-refractivity contribution in [1.82, 2.24) is 5.16 Å². The topological polar surface area (TPSA) is 68.3 Å². The van der Waals surface area contributed by atoms with E-state index in [0.717, 1.165) is 4.47 Å². The smallest absolute Gasteiger partial charge is 0.162 e. The van der Waals surface area contributed by atoms with Gasteiger partial charge in [0.25, 0.3) is 0 Å². The first-order chi connectivity index (χ1) is 9.22. The summed E-state index contributed by atoms with van der Waals surface area (Å²) in [6, 6.07) is 9.09. The average molecular weight is 323 g/mol. The number of halogens is 1. The molecule has 1 aromatic heterocycles. The predicted octanol–water partition coefficient (Wildman–Crippen LogP) is 3.03. The maximum atomic E-state index is 9.01. The maximum Gasteiger partial charge on any atom is 0.162 e. The molecule has 0 aliphatic carbocycles. The summed E-state index contributed by atoms with van der Waals surface area (Å²) in [5.41, 5.74) is 1.12. The van der Waals surface area contributed by atoms with Crippen LogP contribution in [-0.4, -0.2) is 12.3 Å². The number of benzene rings is 1. The minimum Gasteiger partial charge on any atom is -0.486 e. The molecule has 0 N–H and O–H groups in total. The first-order valence-electron chi connectivity index (χ1n) is 5.49. The monoisotopic (exact) mass is 322 g/mol. The van der Waals surface area contributed by atoms with Crippen LogP contribution in [0.15, 0.2) is 33.3 Å². The van der Waals surface area contributed by atoms with E-state index < -0.39 is 0 Å². The molecule has 2 aromatic rings. The average Bonchev–Trinajstić information content (AvgIpc) is 2.85. The standard InChI is InChI=1S/C13H11BrN2O3/c1-17-8-12-5-11(16-19-12)7-18-13-3-2-10(14)4-9(13)6-15/h2-5H,7-8H2,1H3. The molecule has 0 aliphatic heterocycles. The highest BCUT2D eigenvalue weighted by atomic mass is 79.9. The van der Waals surface area contributed by atoms with Crippen molar-refractivity contribution >= 4 is 15.9 Å². The van der Waals surface area contributed by atoms with Gasteiger partial charge in [0.15, 0.2) is 5.76 Å². The van der Waals surface area contributed by atoms with Crippen LogP contribution in [0.1, 0.15) is 17.0 Å². The molecular weight excluding hydrogens is 312 g/mol. The van der Waals surface area contributed by atoms with Crippen molar-refractivity contribution in [3.8, 4) is 11.8 Å². The molecular formula is C13H11BrN2O3. The second-order valence-electron chi connectivity index (χ2n) is 3.76. The minimum atomic E-state index is 0.240. The van der Waals surface area contributed by atoms with Crippen molar-refractivity contribution in [1.29, 1.82) is 5.26 Å². The van der Waals surface area contributed by atoms with E-state index in [2.05, 4.69) is 27.2 Å². The van der Waals surface area contributed by atoms with Crippen molar-refractivity contribution in [2.24, 2.45) is 0 Å². The summed E-state index contributed by atoms with van der Waals surface area (Å²) in [4.78, 5) is 0. The third-order valence-electron chi connectivity index (χ3n) is 2.33. The highest BCUT2D eigenvalue weighted by Crippen LogP contribution is 2.23. The van der Waals surface area contributed by atoms with Crippen LogP contribution in [0.4, 0.5) is 0 Å². The Balaban J connectivity index is 2.04. The minimum absolute atomic E-state index is 0.240. The SMILES string of the molecule is COCc1cc(COc2ccc(Br)cc2C#N)no1. The molecule has 0 amide bonds. The van der Waals surface area contributed by atoms with E-state index in [1.54, 1.807) is 25.3 Å². The highest BCUT2D eigenvalue weighted by molar-refractivity contribution is 9.10. The van der Waals surface area contributed by atoms with Gasteiger partial charge in [-0.15, -0.1) is 0 Å². The third-order valence-corrected chi connectivity index (χ3v) is 2.83. The Bertz CT molecular complexity index is 604. The summed E-state index contributed by atoms with van der Waals surface area (Å²) in [6.45, 7) is 0.609. The molecule has 0 atom stereocenters. The molecule has 0 unspecified atom stereocenters. The van der Waals surface area contributed by atoms with E-state index in [-0.39, 0.29) is 6.61 Å². The van der Waals surface area contributed by atoms with Crippen LogP contribution in [-0.2, 0) is 18.0 Å². The predicted molar refractivity (Wildman–Crippen MR) is 70.4 cm³/mol. The first-order valence-corrected chi connectivity index (χ1v) is 6.28. The van der Waals surface area contributed by atoms with Gasteiger partial charge in [0.2, 0.25) is 0 Å². The number of hydrogen-bond donors (Lipinski definition) is 0. The summed E-state index contributed by atoms with van der Waals surface area (Å²) in [6.07, 6.45) is 0. The Morgan fingerprint density at radius 1 is 1.37 bits per heavy atom. The zero-order chi connectivity index (χ0) is 13.7. The number of aromatic nitrogens is 1. The van der Waals surface area contributed by atoms with Gasteiger partial charge in [-0.05, 0) is 18.2 Å². The lowest BCUT2D eigenvalue weighted by molar-refractivity contribution is 0.155. The van der Waals surface area contributed by atoms with Gasteiger partial charge in [0.1, 0.15) is 30.7 Å². The zero-order valence-electron chi connectivity index (χ0n) is 10.2. The summed E-state index contributed by atoms with van der Waals surface area (Å²) >= 11 is 3.31. The molecule has 0 radical (unpaired) electrons. The van der Waals surface area contributed by atoms with Crippen LogP contribution in [0.25, 0.3) is 0 Å². The van der Waals surface area contributed by atoms with Crippen molar-refractivity contribution in [2.75, 3.05) is 7.11 Å². The first kappa shape index (κ1) is 13.6. The number of hydrogen-bond acceptors (Lipinski definition) is 5. The summed E-state index contributed by atoms with van der Waals surface area (Å²) in [5.74, 6) is 1.15. The van der Waals surface area contributed by atoms with Crippen LogP contribution in [0.2, 0.25) is 0 Å². The van der Waals surface area contributed by atoms with E-state index >= 15 is 0 Å². The molecule has 1 heterocycles. The zero-order valence-corrected chi connectivity index (χ0v) is 11.8. The van der Waals surface area contributed by atoms with Crippen molar-refractivity contribution < 1.29 is 14.0 Å². The maximum absolute atomic E-state index is 9.01. The number of ether oxygens (including phenoxy) is 2. The second kappa shape index (κ2) is 6.36. The normalized spacial score (nSPS) is 10.2. The van der Waals surface area contributed by atoms with Crippen molar-refractivity contribution in [3.63, 3.8) is 0 Å². The number of nitriles is 1. The van der Waals surface area contributed by atoms with Gasteiger partial charge in [-0.2, -0.15) is 5.26 Å². The number of methoxy groups -OCH3 is 1. The summed E-state index contributed by atoms with van der Waals surface area (Å²) in [5, 5.41) is 12.9.